The molecule has 0 aliphatic carbocycles. The third-order valence-electron chi connectivity index (χ3n) is 5.95. The van der Waals surface area contributed by atoms with Crippen LogP contribution < -0.4 is 0 Å². The van der Waals surface area contributed by atoms with Crippen LogP contribution in [0.3, 0.4) is 0 Å². The van der Waals surface area contributed by atoms with Crippen LogP contribution in [0.5, 0.6) is 0 Å². The molecule has 168 valence electrons. The van der Waals surface area contributed by atoms with Crippen LogP contribution in [0.25, 0.3) is 0 Å². The van der Waals surface area contributed by atoms with E-state index in [2.05, 4.69) is 58.9 Å². The Bertz CT molecular complexity index is 453. The highest BCUT2D eigenvalue weighted by molar-refractivity contribution is 9.10. The van der Waals surface area contributed by atoms with Crippen molar-refractivity contribution in [1.29, 1.82) is 0 Å². The zero-order chi connectivity index (χ0) is 21.0. The Morgan fingerprint density at radius 2 is 1.07 bits per heavy atom. The van der Waals surface area contributed by atoms with Crippen LogP contribution in [0.1, 0.15) is 122 Å². The van der Waals surface area contributed by atoms with Crippen LogP contribution in [0.15, 0.2) is 28.7 Å². The van der Waals surface area contributed by atoms with Crippen molar-refractivity contribution >= 4 is 15.9 Å². The minimum Gasteiger partial charge on any atom is -0.299 e. The smallest absolute Gasteiger partial charge is 0.0234 e. The summed E-state index contributed by atoms with van der Waals surface area (Å²) in [6, 6.07) is 8.86. The fourth-order valence-electron chi connectivity index (χ4n) is 4.10. The third-order valence-corrected chi connectivity index (χ3v) is 6.44. The molecule has 0 aliphatic heterocycles. The number of nitrogens with zero attached hydrogens (tertiary/aromatic N) is 1. The quantitative estimate of drug-likeness (QED) is 0.173. The number of unbranched alkanes of at least 4 members (excludes halogenated alkanes) is 14. The van der Waals surface area contributed by atoms with Gasteiger partial charge in [-0.15, -0.1) is 0 Å². The molecule has 29 heavy (non-hydrogen) atoms. The molecule has 0 aliphatic rings. The van der Waals surface area contributed by atoms with Crippen LogP contribution in [0.2, 0.25) is 0 Å². The summed E-state index contributed by atoms with van der Waals surface area (Å²) in [6.45, 7) is 8.22. The SMILES string of the molecule is CCCCCCCCCCN(CCCCCCCCCC)Cc1cccc(Br)c1. The van der Waals surface area contributed by atoms with Crippen LogP contribution >= 0.6 is 15.9 Å². The maximum atomic E-state index is 3.63. The summed E-state index contributed by atoms with van der Waals surface area (Å²) in [4.78, 5) is 2.70. The number of hydrogen-bond donors (Lipinski definition) is 0. The Kier molecular flexibility index (Phi) is 18.1. The Morgan fingerprint density at radius 1 is 0.621 bits per heavy atom. The van der Waals surface area contributed by atoms with Gasteiger partial charge in [-0.25, -0.2) is 0 Å². The molecule has 0 saturated heterocycles. The predicted octanol–water partition coefficient (Wildman–Crippen LogP) is 9.53. The third kappa shape index (κ3) is 16.1. The van der Waals surface area contributed by atoms with Crippen LogP contribution in [0.4, 0.5) is 0 Å². The number of benzene rings is 1. The minimum absolute atomic E-state index is 1.10. The van der Waals surface area contributed by atoms with E-state index in [9.17, 15) is 0 Å². The van der Waals surface area contributed by atoms with Crippen LogP contribution in [-0.2, 0) is 6.54 Å². The molecule has 0 saturated carbocycles. The maximum Gasteiger partial charge on any atom is 0.0234 e. The molecule has 0 atom stereocenters. The van der Waals surface area contributed by atoms with Gasteiger partial charge in [0.1, 0.15) is 0 Å². The molecule has 0 bridgehead atoms. The molecule has 2 heteroatoms. The average Bonchev–Trinajstić information content (AvgIpc) is 2.71. The van der Waals surface area contributed by atoms with Crippen molar-refractivity contribution in [3.63, 3.8) is 0 Å². The van der Waals surface area contributed by atoms with Gasteiger partial charge in [0.05, 0.1) is 0 Å². The number of halogens is 1. The second kappa shape index (κ2) is 19.6. The van der Waals surface area contributed by atoms with E-state index in [1.807, 2.05) is 0 Å². The molecule has 1 rings (SSSR count). The fraction of sp³-hybridized carbons (Fsp3) is 0.778. The Labute approximate surface area is 191 Å². The van der Waals surface area contributed by atoms with Crippen molar-refractivity contribution in [3.8, 4) is 0 Å². The second-order valence-corrected chi connectivity index (χ2v) is 9.77. The van der Waals surface area contributed by atoms with Gasteiger partial charge in [-0.05, 0) is 43.6 Å². The summed E-state index contributed by atoms with van der Waals surface area (Å²) in [6.07, 6.45) is 22.5. The van der Waals surface area contributed by atoms with Gasteiger partial charge in [0.15, 0.2) is 0 Å². The molecule has 0 spiro atoms. The van der Waals surface area contributed by atoms with E-state index < -0.39 is 0 Å². The molecule has 0 heterocycles. The molecular formula is C27H48BrN. The van der Waals surface area contributed by atoms with Gasteiger partial charge in [-0.3, -0.25) is 4.90 Å². The molecular weight excluding hydrogens is 418 g/mol. The normalized spacial score (nSPS) is 11.4. The zero-order valence-corrected chi connectivity index (χ0v) is 21.2. The molecule has 0 radical (unpaired) electrons. The standard InChI is InChI=1S/C27H48BrN/c1-3-5-7-9-11-13-15-17-22-29(25-26-20-19-21-27(28)24-26)23-18-16-14-12-10-8-6-4-2/h19-21,24H,3-18,22-23,25H2,1-2H3. The van der Waals surface area contributed by atoms with E-state index in [0.29, 0.717) is 0 Å². The highest BCUT2D eigenvalue weighted by atomic mass is 79.9. The van der Waals surface area contributed by atoms with Gasteiger partial charge < -0.3 is 0 Å². The summed E-state index contributed by atoms with van der Waals surface area (Å²) in [5.74, 6) is 0. The van der Waals surface area contributed by atoms with E-state index in [0.717, 1.165) is 6.54 Å². The average molecular weight is 467 g/mol. The van der Waals surface area contributed by atoms with E-state index >= 15 is 0 Å². The van der Waals surface area contributed by atoms with E-state index in [1.54, 1.807) is 0 Å². The van der Waals surface area contributed by atoms with Crippen LogP contribution in [-0.4, -0.2) is 18.0 Å². The van der Waals surface area contributed by atoms with Gasteiger partial charge >= 0.3 is 0 Å². The van der Waals surface area contributed by atoms with E-state index in [1.165, 1.54) is 126 Å². The molecule has 1 nitrogen and oxygen atoms in total. The largest absolute Gasteiger partial charge is 0.299 e. The fourth-order valence-corrected chi connectivity index (χ4v) is 4.55. The summed E-state index contributed by atoms with van der Waals surface area (Å²) < 4.78 is 1.20. The lowest BCUT2D eigenvalue weighted by molar-refractivity contribution is 0.252. The van der Waals surface area contributed by atoms with Gasteiger partial charge in [-0.2, -0.15) is 0 Å². The first-order valence-electron chi connectivity index (χ1n) is 12.7. The van der Waals surface area contributed by atoms with E-state index in [-0.39, 0.29) is 0 Å². The minimum atomic E-state index is 1.10. The number of rotatable bonds is 20. The molecule has 1 aromatic carbocycles. The van der Waals surface area contributed by atoms with Crippen molar-refractivity contribution in [2.24, 2.45) is 0 Å². The lowest BCUT2D eigenvalue weighted by Crippen LogP contribution is -2.25. The van der Waals surface area contributed by atoms with Crippen molar-refractivity contribution in [1.82, 2.24) is 4.90 Å². The zero-order valence-electron chi connectivity index (χ0n) is 19.6. The van der Waals surface area contributed by atoms with Crippen molar-refractivity contribution in [2.75, 3.05) is 13.1 Å². The molecule has 0 fully saturated rings. The second-order valence-electron chi connectivity index (χ2n) is 8.86. The summed E-state index contributed by atoms with van der Waals surface area (Å²) in [5.41, 5.74) is 1.44. The first-order valence-corrected chi connectivity index (χ1v) is 13.5. The lowest BCUT2D eigenvalue weighted by Gasteiger charge is -2.22. The molecule has 1 aromatic rings. The Morgan fingerprint density at radius 3 is 1.52 bits per heavy atom. The van der Waals surface area contributed by atoms with Gasteiger partial charge in [-0.1, -0.05) is 132 Å². The van der Waals surface area contributed by atoms with Crippen LogP contribution in [0, 0.1) is 0 Å². The Hall–Kier alpha value is -0.340. The predicted molar refractivity (Wildman–Crippen MR) is 135 cm³/mol. The monoisotopic (exact) mass is 465 g/mol. The van der Waals surface area contributed by atoms with Crippen molar-refractivity contribution in [3.05, 3.63) is 34.3 Å². The van der Waals surface area contributed by atoms with Gasteiger partial charge in [0.25, 0.3) is 0 Å². The van der Waals surface area contributed by atoms with Gasteiger partial charge in [0.2, 0.25) is 0 Å². The molecule has 0 unspecified atom stereocenters. The summed E-state index contributed by atoms with van der Waals surface area (Å²) in [7, 11) is 0. The Balaban J connectivity index is 2.24. The van der Waals surface area contributed by atoms with Gasteiger partial charge in [0, 0.05) is 11.0 Å². The first-order chi connectivity index (χ1) is 14.3. The summed E-state index contributed by atoms with van der Waals surface area (Å²) >= 11 is 3.63. The van der Waals surface area contributed by atoms with Crippen molar-refractivity contribution in [2.45, 2.75) is 123 Å². The highest BCUT2D eigenvalue weighted by Gasteiger charge is 2.07. The first kappa shape index (κ1) is 26.7. The number of hydrogen-bond acceptors (Lipinski definition) is 1. The van der Waals surface area contributed by atoms with E-state index in [4.69, 9.17) is 0 Å². The topological polar surface area (TPSA) is 3.24 Å². The lowest BCUT2D eigenvalue weighted by atomic mass is 10.1. The maximum absolute atomic E-state index is 3.63. The molecule has 0 aromatic heterocycles. The molecule has 0 N–H and O–H groups in total. The highest BCUT2D eigenvalue weighted by Crippen LogP contribution is 2.16. The summed E-state index contributed by atoms with van der Waals surface area (Å²) in [5, 5.41) is 0. The van der Waals surface area contributed by atoms with Crippen molar-refractivity contribution < 1.29 is 0 Å². The molecule has 0 amide bonds.